The summed E-state index contributed by atoms with van der Waals surface area (Å²) < 4.78 is 23.9. The van der Waals surface area contributed by atoms with Gasteiger partial charge in [-0.2, -0.15) is 0 Å². The average Bonchev–Trinajstić information content (AvgIpc) is 3.14. The summed E-state index contributed by atoms with van der Waals surface area (Å²) in [5, 5.41) is 9.26. The molecule has 0 aliphatic rings. The highest BCUT2D eigenvalue weighted by atomic mass is 28.4. The highest BCUT2D eigenvalue weighted by molar-refractivity contribution is 6.64. The molecule has 0 aromatic rings. The van der Waals surface area contributed by atoms with E-state index in [0.29, 0.717) is 13.0 Å². The molecule has 0 heterocycles. The highest BCUT2D eigenvalue weighted by Crippen LogP contribution is 2.15. The minimum Gasteiger partial charge on any atom is -0.466 e. The molecule has 0 aliphatic carbocycles. The van der Waals surface area contributed by atoms with E-state index < -0.39 is 8.56 Å². The minimum atomic E-state index is -2.21. The number of carbonyl (C=O) groups is 1. The smallest absolute Gasteiger partial charge is 0.333 e. The third kappa shape index (κ3) is 40.6. The van der Waals surface area contributed by atoms with E-state index in [1.54, 1.807) is 0 Å². The summed E-state index contributed by atoms with van der Waals surface area (Å²) in [5.74, 6) is -0.0426. The van der Waals surface area contributed by atoms with Crippen molar-refractivity contribution in [2.45, 2.75) is 220 Å². The number of unbranched alkanes of at least 4 members (excludes halogenated alkanes) is 20. The van der Waals surface area contributed by atoms with Gasteiger partial charge in [0.25, 0.3) is 0 Å². The molecule has 7 nitrogen and oxygen atoms in total. The minimum absolute atomic E-state index is 0.0426. The second-order valence-electron chi connectivity index (χ2n) is 15.9. The summed E-state index contributed by atoms with van der Waals surface area (Å²) in [6.07, 6.45) is 41.4. The Morgan fingerprint density at radius 3 is 1.72 bits per heavy atom. The van der Waals surface area contributed by atoms with E-state index in [4.69, 9.17) is 18.3 Å². The lowest BCUT2D eigenvalue weighted by atomic mass is 10.1. The van der Waals surface area contributed by atoms with E-state index in [9.17, 15) is 9.90 Å². The number of allylic oxidation sites excluding steroid dienone is 4. The monoisotopic (exact) mass is 782 g/mol. The van der Waals surface area contributed by atoms with Crippen molar-refractivity contribution >= 4 is 14.5 Å². The maximum atomic E-state index is 12.2. The summed E-state index contributed by atoms with van der Waals surface area (Å²) >= 11 is 0. The van der Waals surface area contributed by atoms with Gasteiger partial charge in [-0.3, -0.25) is 4.79 Å². The molecule has 0 fully saturated rings. The summed E-state index contributed by atoms with van der Waals surface area (Å²) in [5.41, 5.74) is 0. The Balaban J connectivity index is 3.88. The molecule has 1 atom stereocenters. The molecule has 54 heavy (non-hydrogen) atoms. The molecule has 0 spiro atoms. The van der Waals surface area contributed by atoms with Crippen LogP contribution in [0.25, 0.3) is 0 Å². The molecule has 0 bridgehead atoms. The van der Waals surface area contributed by atoms with Crippen LogP contribution in [0.3, 0.4) is 0 Å². The van der Waals surface area contributed by atoms with Gasteiger partial charge in [0.05, 0.1) is 6.61 Å². The topological polar surface area (TPSA) is 77.5 Å². The third-order valence-electron chi connectivity index (χ3n) is 9.96. The Morgan fingerprint density at radius 2 is 1.07 bits per heavy atom. The number of ether oxygens (including phenoxy) is 2. The summed E-state index contributed by atoms with van der Waals surface area (Å²) in [4.78, 5) is 14.7. The van der Waals surface area contributed by atoms with Crippen molar-refractivity contribution in [2.24, 2.45) is 0 Å². The number of aliphatic hydroxyl groups excluding tert-OH is 1. The maximum absolute atomic E-state index is 12.2. The Kier molecular flexibility index (Phi) is 40.8. The standard InChI is InChI=1S/C46H91NO6Si/c1-6-8-10-12-14-16-17-18-19-20-21-22-23-25-29-37-46(49)51-43-36-32-40-47(39-31-33-41-48)38-30-26-28-35-44-52-54(4,5)53-45(3)50-42-34-27-24-15-13-11-9-7-2/h14,16,18-19,45,48H,6-13,15,17,20-44H2,1-5H3/b16-14-,19-18-. The molecule has 1 N–H and O–H groups in total. The van der Waals surface area contributed by atoms with Crippen LogP contribution >= 0.6 is 0 Å². The zero-order valence-corrected chi connectivity index (χ0v) is 37.6. The van der Waals surface area contributed by atoms with Crippen LogP contribution in [0.5, 0.6) is 0 Å². The molecule has 0 saturated heterocycles. The van der Waals surface area contributed by atoms with Gasteiger partial charge < -0.3 is 28.3 Å². The van der Waals surface area contributed by atoms with Crippen LogP contribution in [0.1, 0.15) is 201 Å². The molecular formula is C46H91NO6Si. The average molecular weight is 782 g/mol. The fraction of sp³-hybridized carbons (Fsp3) is 0.891. The van der Waals surface area contributed by atoms with Gasteiger partial charge >= 0.3 is 14.5 Å². The van der Waals surface area contributed by atoms with Gasteiger partial charge in [-0.1, -0.05) is 128 Å². The Morgan fingerprint density at radius 1 is 0.593 bits per heavy atom. The highest BCUT2D eigenvalue weighted by Gasteiger charge is 2.27. The predicted octanol–water partition coefficient (Wildman–Crippen LogP) is 13.0. The first-order valence-electron chi connectivity index (χ1n) is 23.1. The number of rotatable bonds is 43. The van der Waals surface area contributed by atoms with E-state index in [0.717, 1.165) is 103 Å². The SMILES string of the molecule is CCCCC/C=C\C/C=C\CCCCCCCC(=O)OCCCCN(CCCCO)CCCCCCO[Si](C)(C)OC(C)OCCCCCCCCCC. The lowest BCUT2D eigenvalue weighted by Gasteiger charge is -2.27. The van der Waals surface area contributed by atoms with Gasteiger partial charge in [-0.25, -0.2) is 0 Å². The van der Waals surface area contributed by atoms with E-state index >= 15 is 0 Å². The van der Waals surface area contributed by atoms with Crippen LogP contribution in [-0.2, 0) is 23.1 Å². The molecule has 0 aromatic carbocycles. The number of carbonyl (C=O) groups excluding carboxylic acids is 1. The van der Waals surface area contributed by atoms with Crippen LogP contribution in [0, 0.1) is 0 Å². The molecule has 0 amide bonds. The molecule has 0 rings (SSSR count). The van der Waals surface area contributed by atoms with Crippen molar-refractivity contribution in [3.63, 3.8) is 0 Å². The molecule has 0 aliphatic heterocycles. The Hall–Kier alpha value is -1.03. The quantitative estimate of drug-likeness (QED) is 0.0217. The molecule has 320 valence electrons. The number of hydrogen-bond acceptors (Lipinski definition) is 7. The maximum Gasteiger partial charge on any atom is 0.333 e. The van der Waals surface area contributed by atoms with Crippen LogP contribution in [0.2, 0.25) is 13.1 Å². The third-order valence-corrected chi connectivity index (χ3v) is 11.8. The zero-order chi connectivity index (χ0) is 39.6. The second-order valence-corrected chi connectivity index (χ2v) is 19.2. The van der Waals surface area contributed by atoms with E-state index in [1.165, 1.54) is 103 Å². The van der Waals surface area contributed by atoms with Gasteiger partial charge in [0.2, 0.25) is 0 Å². The van der Waals surface area contributed by atoms with Crippen molar-refractivity contribution in [1.82, 2.24) is 4.90 Å². The predicted molar refractivity (Wildman–Crippen MR) is 233 cm³/mol. The first-order chi connectivity index (χ1) is 26.3. The molecule has 0 radical (unpaired) electrons. The lowest BCUT2D eigenvalue weighted by molar-refractivity contribution is -0.143. The Labute approximate surface area is 337 Å². The molecule has 0 aromatic heterocycles. The molecule has 1 unspecified atom stereocenters. The van der Waals surface area contributed by atoms with Crippen molar-refractivity contribution in [2.75, 3.05) is 46.1 Å². The number of esters is 1. The van der Waals surface area contributed by atoms with Crippen LogP contribution < -0.4 is 0 Å². The number of nitrogens with zero attached hydrogens (tertiary/aromatic N) is 1. The lowest BCUT2D eigenvalue weighted by Crippen LogP contribution is -2.39. The van der Waals surface area contributed by atoms with Gasteiger partial charge in [0, 0.05) is 26.2 Å². The van der Waals surface area contributed by atoms with Crippen molar-refractivity contribution < 1.29 is 28.2 Å². The number of aliphatic hydroxyl groups is 1. The van der Waals surface area contributed by atoms with E-state index in [-0.39, 0.29) is 18.9 Å². The first-order valence-corrected chi connectivity index (χ1v) is 25.9. The molecule has 0 saturated carbocycles. The fourth-order valence-corrected chi connectivity index (χ4v) is 8.19. The van der Waals surface area contributed by atoms with Gasteiger partial charge in [0.1, 0.15) is 6.29 Å². The van der Waals surface area contributed by atoms with Gasteiger partial charge in [-0.05, 0) is 123 Å². The largest absolute Gasteiger partial charge is 0.466 e. The zero-order valence-electron chi connectivity index (χ0n) is 36.6. The van der Waals surface area contributed by atoms with E-state index in [1.807, 2.05) is 6.92 Å². The van der Waals surface area contributed by atoms with Crippen LogP contribution in [0.4, 0.5) is 0 Å². The van der Waals surface area contributed by atoms with Gasteiger partial charge in [0.15, 0.2) is 0 Å². The molecule has 8 heteroatoms. The molecular weight excluding hydrogens is 691 g/mol. The van der Waals surface area contributed by atoms with Crippen LogP contribution in [0.15, 0.2) is 24.3 Å². The number of hydrogen-bond donors (Lipinski definition) is 1. The van der Waals surface area contributed by atoms with E-state index in [2.05, 4.69) is 56.1 Å². The normalized spacial score (nSPS) is 12.9. The summed E-state index contributed by atoms with van der Waals surface area (Å²) in [7, 11) is -2.21. The summed E-state index contributed by atoms with van der Waals surface area (Å²) in [6, 6.07) is 0. The Bertz CT molecular complexity index is 838. The van der Waals surface area contributed by atoms with Gasteiger partial charge in [-0.15, -0.1) is 0 Å². The fourth-order valence-electron chi connectivity index (χ4n) is 6.62. The first kappa shape index (κ1) is 53.0. The van der Waals surface area contributed by atoms with Crippen molar-refractivity contribution in [1.29, 1.82) is 0 Å². The van der Waals surface area contributed by atoms with Crippen molar-refractivity contribution in [3.05, 3.63) is 24.3 Å². The summed E-state index contributed by atoms with van der Waals surface area (Å²) in [6.45, 7) is 16.2. The van der Waals surface area contributed by atoms with Crippen molar-refractivity contribution in [3.8, 4) is 0 Å². The van der Waals surface area contributed by atoms with Crippen LogP contribution in [-0.4, -0.2) is 76.9 Å². The second kappa shape index (κ2) is 41.6.